The third-order valence-corrected chi connectivity index (χ3v) is 3.85. The number of ether oxygens (including phenoxy) is 1. The van der Waals surface area contributed by atoms with Crippen molar-refractivity contribution in [2.75, 3.05) is 13.4 Å². The lowest BCUT2D eigenvalue weighted by molar-refractivity contribution is 0.0978. The Morgan fingerprint density at radius 3 is 2.12 bits per heavy atom. The van der Waals surface area contributed by atoms with Crippen LogP contribution in [0.15, 0.2) is 53.5 Å². The molecular weight excluding hydrogens is 324 g/mol. The SMILES string of the molecule is COc1ccc(C(=O)N=C(NC(=O)c2ccc(C)cc2)SC)cc1. The molecule has 0 atom stereocenters. The van der Waals surface area contributed by atoms with Crippen molar-refractivity contribution in [3.05, 3.63) is 65.2 Å². The Balaban J connectivity index is 2.11. The number of hydrogen-bond acceptors (Lipinski definition) is 4. The van der Waals surface area contributed by atoms with Gasteiger partial charge in [-0.3, -0.25) is 9.59 Å². The molecule has 0 bridgehead atoms. The van der Waals surface area contributed by atoms with E-state index < -0.39 is 5.91 Å². The van der Waals surface area contributed by atoms with Gasteiger partial charge >= 0.3 is 0 Å². The Labute approximate surface area is 145 Å². The summed E-state index contributed by atoms with van der Waals surface area (Å²) in [5, 5.41) is 2.91. The summed E-state index contributed by atoms with van der Waals surface area (Å²) < 4.78 is 5.05. The van der Waals surface area contributed by atoms with Gasteiger partial charge in [0.25, 0.3) is 11.8 Å². The predicted molar refractivity (Wildman–Crippen MR) is 96.9 cm³/mol. The lowest BCUT2D eigenvalue weighted by Crippen LogP contribution is -2.29. The van der Waals surface area contributed by atoms with E-state index in [-0.39, 0.29) is 11.1 Å². The van der Waals surface area contributed by atoms with Crippen molar-refractivity contribution in [2.24, 2.45) is 4.99 Å². The van der Waals surface area contributed by atoms with Gasteiger partial charge in [0, 0.05) is 11.1 Å². The van der Waals surface area contributed by atoms with Gasteiger partial charge in [-0.05, 0) is 49.6 Å². The maximum Gasteiger partial charge on any atom is 0.279 e. The number of carbonyl (C=O) groups is 2. The number of methoxy groups -OCH3 is 1. The molecule has 24 heavy (non-hydrogen) atoms. The Kier molecular flexibility index (Phi) is 6.14. The molecule has 0 heterocycles. The molecule has 0 aromatic heterocycles. The zero-order chi connectivity index (χ0) is 17.5. The molecule has 2 amide bonds. The number of amidine groups is 1. The van der Waals surface area contributed by atoms with Gasteiger partial charge in [0.2, 0.25) is 0 Å². The fourth-order valence-corrected chi connectivity index (χ4v) is 2.26. The average molecular weight is 342 g/mol. The van der Waals surface area contributed by atoms with Crippen LogP contribution < -0.4 is 10.1 Å². The van der Waals surface area contributed by atoms with Crippen molar-refractivity contribution in [2.45, 2.75) is 6.92 Å². The Hall–Kier alpha value is -2.60. The molecule has 2 aromatic rings. The molecule has 0 radical (unpaired) electrons. The molecule has 5 nitrogen and oxygen atoms in total. The molecule has 0 aliphatic heterocycles. The second kappa shape index (κ2) is 8.31. The zero-order valence-electron chi connectivity index (χ0n) is 13.7. The highest BCUT2D eigenvalue weighted by Gasteiger charge is 2.11. The third kappa shape index (κ3) is 4.70. The van der Waals surface area contributed by atoms with E-state index in [0.717, 1.165) is 5.56 Å². The number of thioether (sulfide) groups is 1. The molecule has 6 heteroatoms. The number of aryl methyl sites for hydroxylation is 1. The highest BCUT2D eigenvalue weighted by molar-refractivity contribution is 8.13. The summed E-state index contributed by atoms with van der Waals surface area (Å²) >= 11 is 1.20. The quantitative estimate of drug-likeness (QED) is 0.686. The fourth-order valence-electron chi connectivity index (χ4n) is 1.89. The summed E-state index contributed by atoms with van der Waals surface area (Å²) in [4.78, 5) is 28.3. The Bertz CT molecular complexity index is 753. The van der Waals surface area contributed by atoms with E-state index in [1.807, 2.05) is 19.1 Å². The summed E-state index contributed by atoms with van der Waals surface area (Å²) in [6.45, 7) is 1.95. The third-order valence-electron chi connectivity index (χ3n) is 3.27. The van der Waals surface area contributed by atoms with Crippen LogP contribution in [0.5, 0.6) is 5.75 Å². The minimum atomic E-state index is -0.425. The van der Waals surface area contributed by atoms with Crippen LogP contribution >= 0.6 is 11.8 Å². The number of amides is 2. The number of nitrogens with one attached hydrogen (secondary N) is 1. The fraction of sp³-hybridized carbons (Fsp3) is 0.167. The van der Waals surface area contributed by atoms with Gasteiger partial charge in [-0.25, -0.2) is 0 Å². The smallest absolute Gasteiger partial charge is 0.279 e. The van der Waals surface area contributed by atoms with Gasteiger partial charge in [0.05, 0.1) is 7.11 Å². The van der Waals surface area contributed by atoms with E-state index in [1.165, 1.54) is 11.8 Å². The van der Waals surface area contributed by atoms with Gasteiger partial charge in [0.1, 0.15) is 5.75 Å². The van der Waals surface area contributed by atoms with E-state index in [4.69, 9.17) is 4.74 Å². The van der Waals surface area contributed by atoms with E-state index in [2.05, 4.69) is 10.3 Å². The molecule has 0 saturated heterocycles. The van der Waals surface area contributed by atoms with Crippen molar-refractivity contribution in [3.63, 3.8) is 0 Å². The zero-order valence-corrected chi connectivity index (χ0v) is 14.5. The molecule has 2 aromatic carbocycles. The van der Waals surface area contributed by atoms with Crippen molar-refractivity contribution in [1.29, 1.82) is 0 Å². The first kappa shape index (κ1) is 17.7. The second-order valence-electron chi connectivity index (χ2n) is 4.97. The van der Waals surface area contributed by atoms with Gasteiger partial charge in [-0.15, -0.1) is 0 Å². The van der Waals surface area contributed by atoms with Gasteiger partial charge in [-0.1, -0.05) is 29.5 Å². The maximum atomic E-state index is 12.2. The molecular formula is C18H18N2O3S. The van der Waals surface area contributed by atoms with Crippen molar-refractivity contribution < 1.29 is 14.3 Å². The second-order valence-corrected chi connectivity index (χ2v) is 5.77. The first-order valence-electron chi connectivity index (χ1n) is 7.22. The summed E-state index contributed by atoms with van der Waals surface area (Å²) in [6, 6.07) is 13.8. The van der Waals surface area contributed by atoms with Gasteiger partial charge in [0.15, 0.2) is 5.17 Å². The normalized spacial score (nSPS) is 11.0. The predicted octanol–water partition coefficient (Wildman–Crippen LogP) is 3.29. The lowest BCUT2D eigenvalue weighted by atomic mass is 10.1. The lowest BCUT2D eigenvalue weighted by Gasteiger charge is -2.06. The molecule has 0 aliphatic rings. The van der Waals surface area contributed by atoms with Crippen molar-refractivity contribution >= 4 is 28.7 Å². The van der Waals surface area contributed by atoms with Gasteiger partial charge < -0.3 is 10.1 Å². The topological polar surface area (TPSA) is 67.8 Å². The van der Waals surface area contributed by atoms with Crippen LogP contribution in [0.1, 0.15) is 26.3 Å². The molecule has 0 fully saturated rings. The number of carbonyl (C=O) groups excluding carboxylic acids is 2. The maximum absolute atomic E-state index is 12.2. The molecule has 1 N–H and O–H groups in total. The number of aliphatic imine (C=N–C) groups is 1. The molecule has 0 saturated carbocycles. The standard InChI is InChI=1S/C18H18N2O3S/c1-12-4-6-13(7-5-12)16(21)19-18(24-3)20-17(22)14-8-10-15(23-2)11-9-14/h4-11H,1-3H3,(H,19,20,21,22). The van der Waals surface area contributed by atoms with Crippen LogP contribution in [0.3, 0.4) is 0 Å². The summed E-state index contributed by atoms with van der Waals surface area (Å²) in [7, 11) is 1.56. The highest BCUT2D eigenvalue weighted by Crippen LogP contribution is 2.13. The Morgan fingerprint density at radius 1 is 1.00 bits per heavy atom. The molecule has 0 aliphatic carbocycles. The number of benzene rings is 2. The average Bonchev–Trinajstić information content (AvgIpc) is 2.61. The number of rotatable bonds is 3. The van der Waals surface area contributed by atoms with Crippen LogP contribution in [0.2, 0.25) is 0 Å². The number of hydrogen-bond donors (Lipinski definition) is 1. The van der Waals surface area contributed by atoms with E-state index in [1.54, 1.807) is 49.8 Å². The van der Waals surface area contributed by atoms with Crippen molar-refractivity contribution in [3.8, 4) is 5.75 Å². The van der Waals surface area contributed by atoms with Crippen LogP contribution in [0.25, 0.3) is 0 Å². The summed E-state index contributed by atoms with van der Waals surface area (Å²) in [5.41, 5.74) is 2.01. The number of nitrogens with zero attached hydrogens (tertiary/aromatic N) is 1. The van der Waals surface area contributed by atoms with Gasteiger partial charge in [-0.2, -0.15) is 4.99 Å². The van der Waals surface area contributed by atoms with E-state index >= 15 is 0 Å². The van der Waals surface area contributed by atoms with Crippen LogP contribution in [-0.4, -0.2) is 30.3 Å². The molecule has 0 spiro atoms. The van der Waals surface area contributed by atoms with Crippen LogP contribution in [0.4, 0.5) is 0 Å². The first-order chi connectivity index (χ1) is 11.5. The van der Waals surface area contributed by atoms with Crippen molar-refractivity contribution in [1.82, 2.24) is 5.32 Å². The largest absolute Gasteiger partial charge is 0.497 e. The minimum absolute atomic E-state index is 0.251. The van der Waals surface area contributed by atoms with E-state index in [9.17, 15) is 9.59 Å². The Morgan fingerprint density at radius 2 is 1.58 bits per heavy atom. The highest BCUT2D eigenvalue weighted by atomic mass is 32.2. The van der Waals surface area contributed by atoms with Crippen LogP contribution in [0, 0.1) is 6.92 Å². The van der Waals surface area contributed by atoms with Crippen LogP contribution in [-0.2, 0) is 0 Å². The minimum Gasteiger partial charge on any atom is -0.497 e. The molecule has 124 valence electrons. The molecule has 2 rings (SSSR count). The summed E-state index contributed by atoms with van der Waals surface area (Å²) in [6.07, 6.45) is 1.75. The molecule has 0 unspecified atom stereocenters. The monoisotopic (exact) mass is 342 g/mol. The summed E-state index contributed by atoms with van der Waals surface area (Å²) in [5.74, 6) is -0.0647. The first-order valence-corrected chi connectivity index (χ1v) is 8.45. The van der Waals surface area contributed by atoms with E-state index in [0.29, 0.717) is 16.9 Å².